The Labute approximate surface area is 113 Å². The second kappa shape index (κ2) is 4.46. The zero-order chi connectivity index (χ0) is 13.6. The van der Waals surface area contributed by atoms with Gasteiger partial charge in [0.1, 0.15) is 0 Å². The molecule has 4 nitrogen and oxygen atoms in total. The van der Waals surface area contributed by atoms with Gasteiger partial charge in [-0.1, -0.05) is 12.1 Å². The van der Waals surface area contributed by atoms with Crippen LogP contribution >= 0.6 is 0 Å². The van der Waals surface area contributed by atoms with Gasteiger partial charge in [0.25, 0.3) is 0 Å². The number of Topliss-reactive ketones (excluding diaryl/α,β-unsaturated/α-hetero) is 1. The number of ketones is 1. The Kier molecular flexibility index (Phi) is 2.90. The van der Waals surface area contributed by atoms with Gasteiger partial charge >= 0.3 is 0 Å². The maximum absolute atomic E-state index is 12.3. The Morgan fingerprint density at radius 2 is 2.21 bits per heavy atom. The lowest BCUT2D eigenvalue weighted by molar-refractivity contribution is -0.119. The maximum atomic E-state index is 12.3. The molecule has 100 valence electrons. The molecule has 1 aromatic carbocycles. The van der Waals surface area contributed by atoms with Crippen LogP contribution < -0.4 is 4.90 Å². The highest BCUT2D eigenvalue weighted by Gasteiger charge is 2.37. The third kappa shape index (κ3) is 1.96. The van der Waals surface area contributed by atoms with E-state index in [9.17, 15) is 9.59 Å². The van der Waals surface area contributed by atoms with Crippen molar-refractivity contribution in [1.29, 1.82) is 0 Å². The predicted octanol–water partition coefficient (Wildman–Crippen LogP) is 1.65. The van der Waals surface area contributed by atoms with Gasteiger partial charge in [-0.25, -0.2) is 0 Å². The summed E-state index contributed by atoms with van der Waals surface area (Å²) in [6.07, 6.45) is 1.48. The highest BCUT2D eigenvalue weighted by atomic mass is 16.2. The average Bonchev–Trinajstić information content (AvgIpc) is 2.74. The van der Waals surface area contributed by atoms with Crippen LogP contribution in [0.5, 0.6) is 0 Å². The van der Waals surface area contributed by atoms with Crippen LogP contribution in [0, 0.1) is 0 Å². The predicted molar refractivity (Wildman–Crippen MR) is 73.7 cm³/mol. The van der Waals surface area contributed by atoms with Crippen LogP contribution in [0.15, 0.2) is 18.2 Å². The molecule has 1 aromatic rings. The van der Waals surface area contributed by atoms with E-state index in [4.69, 9.17) is 0 Å². The van der Waals surface area contributed by atoms with Gasteiger partial charge in [0, 0.05) is 30.1 Å². The van der Waals surface area contributed by atoms with Gasteiger partial charge in [-0.2, -0.15) is 0 Å². The molecule has 0 N–H and O–H groups in total. The van der Waals surface area contributed by atoms with Crippen LogP contribution in [0.25, 0.3) is 0 Å². The summed E-state index contributed by atoms with van der Waals surface area (Å²) in [7, 11) is 3.79. The molecule has 2 aliphatic rings. The number of anilines is 1. The van der Waals surface area contributed by atoms with E-state index in [0.29, 0.717) is 18.9 Å². The first-order valence-corrected chi connectivity index (χ1v) is 6.69. The van der Waals surface area contributed by atoms with Crippen LogP contribution in [0.2, 0.25) is 0 Å². The van der Waals surface area contributed by atoms with Crippen LogP contribution in [-0.4, -0.2) is 43.8 Å². The van der Waals surface area contributed by atoms with Crippen LogP contribution in [0.1, 0.15) is 34.7 Å². The normalized spacial score (nSPS) is 20.9. The van der Waals surface area contributed by atoms with Crippen LogP contribution in [0.3, 0.4) is 0 Å². The molecule has 1 atom stereocenters. The van der Waals surface area contributed by atoms with Crippen molar-refractivity contribution in [2.75, 3.05) is 32.1 Å². The minimum Gasteiger partial charge on any atom is -0.310 e. The summed E-state index contributed by atoms with van der Waals surface area (Å²) >= 11 is 0. The van der Waals surface area contributed by atoms with Crippen molar-refractivity contribution < 1.29 is 9.59 Å². The monoisotopic (exact) mass is 258 g/mol. The van der Waals surface area contributed by atoms with E-state index in [1.54, 1.807) is 0 Å². The molecule has 1 unspecified atom stereocenters. The van der Waals surface area contributed by atoms with Crippen molar-refractivity contribution >= 4 is 17.4 Å². The Morgan fingerprint density at radius 1 is 1.42 bits per heavy atom. The molecule has 4 heteroatoms. The molecule has 3 rings (SSSR count). The zero-order valence-corrected chi connectivity index (χ0v) is 11.3. The molecule has 0 spiro atoms. The minimum absolute atomic E-state index is 0.111. The van der Waals surface area contributed by atoms with E-state index in [1.165, 1.54) is 0 Å². The van der Waals surface area contributed by atoms with E-state index >= 15 is 0 Å². The van der Waals surface area contributed by atoms with E-state index in [2.05, 4.69) is 0 Å². The van der Waals surface area contributed by atoms with Crippen molar-refractivity contribution in [3.63, 3.8) is 0 Å². The number of amides is 1. The van der Waals surface area contributed by atoms with Gasteiger partial charge in [-0.3, -0.25) is 9.59 Å². The third-order valence-corrected chi connectivity index (χ3v) is 3.96. The molecular formula is C15H18N2O2. The highest BCUT2D eigenvalue weighted by molar-refractivity contribution is 6.04. The quantitative estimate of drug-likeness (QED) is 0.810. The molecule has 1 amide bonds. The second-order valence-corrected chi connectivity index (χ2v) is 5.64. The van der Waals surface area contributed by atoms with E-state index in [-0.39, 0.29) is 11.7 Å². The summed E-state index contributed by atoms with van der Waals surface area (Å²) < 4.78 is 0. The van der Waals surface area contributed by atoms with Crippen LogP contribution in [-0.2, 0) is 4.79 Å². The summed E-state index contributed by atoms with van der Waals surface area (Å²) in [6, 6.07) is 5.74. The molecule has 0 fully saturated rings. The second-order valence-electron chi connectivity index (χ2n) is 5.64. The van der Waals surface area contributed by atoms with Crippen molar-refractivity contribution in [3.8, 4) is 0 Å². The van der Waals surface area contributed by atoms with Crippen molar-refractivity contribution in [3.05, 3.63) is 29.3 Å². The number of hydrogen-bond donors (Lipinski definition) is 0. The molecule has 19 heavy (non-hydrogen) atoms. The van der Waals surface area contributed by atoms with Gasteiger partial charge in [-0.05, 0) is 32.1 Å². The molecular weight excluding hydrogens is 240 g/mol. The minimum atomic E-state index is 0.111. The number of rotatable bonds is 2. The van der Waals surface area contributed by atoms with E-state index in [0.717, 1.165) is 29.8 Å². The SMILES string of the molecule is CN(C)CC(=O)N1CC2CCC(=O)c3cccc1c32. The number of carbonyl (C=O) groups is 2. The van der Waals surface area contributed by atoms with Crippen LogP contribution in [0.4, 0.5) is 5.69 Å². The highest BCUT2D eigenvalue weighted by Crippen LogP contribution is 2.44. The number of likely N-dealkylation sites (N-methyl/N-ethyl adjacent to an activating group) is 1. The molecule has 1 heterocycles. The molecule has 0 aromatic heterocycles. The Hall–Kier alpha value is -1.68. The molecule has 0 saturated carbocycles. The summed E-state index contributed by atoms with van der Waals surface area (Å²) in [5.74, 6) is 0.672. The summed E-state index contributed by atoms with van der Waals surface area (Å²) in [6.45, 7) is 1.14. The first-order chi connectivity index (χ1) is 9.08. The third-order valence-electron chi connectivity index (χ3n) is 3.96. The van der Waals surface area contributed by atoms with Gasteiger partial charge in [0.15, 0.2) is 5.78 Å². The van der Waals surface area contributed by atoms with Gasteiger partial charge < -0.3 is 9.80 Å². The molecule has 0 radical (unpaired) electrons. The summed E-state index contributed by atoms with van der Waals surface area (Å²) in [4.78, 5) is 28.0. The zero-order valence-electron chi connectivity index (χ0n) is 11.3. The molecule has 0 bridgehead atoms. The lowest BCUT2D eigenvalue weighted by Crippen LogP contribution is -2.37. The molecule has 1 aliphatic heterocycles. The van der Waals surface area contributed by atoms with Crippen molar-refractivity contribution in [1.82, 2.24) is 4.90 Å². The topological polar surface area (TPSA) is 40.6 Å². The molecule has 1 aliphatic carbocycles. The van der Waals surface area contributed by atoms with E-state index in [1.807, 2.05) is 42.1 Å². The fraction of sp³-hybridized carbons (Fsp3) is 0.467. The first kappa shape index (κ1) is 12.4. The van der Waals surface area contributed by atoms with Crippen molar-refractivity contribution in [2.45, 2.75) is 18.8 Å². The summed E-state index contributed by atoms with van der Waals surface area (Å²) in [5, 5.41) is 0. The van der Waals surface area contributed by atoms with Gasteiger partial charge in [0.2, 0.25) is 5.91 Å². The Morgan fingerprint density at radius 3 is 2.95 bits per heavy atom. The number of benzene rings is 1. The first-order valence-electron chi connectivity index (χ1n) is 6.69. The smallest absolute Gasteiger partial charge is 0.241 e. The summed E-state index contributed by atoms with van der Waals surface area (Å²) in [5.41, 5.74) is 2.88. The number of hydrogen-bond acceptors (Lipinski definition) is 3. The lowest BCUT2D eigenvalue weighted by Gasteiger charge is -2.20. The number of carbonyl (C=O) groups excluding carboxylic acids is 2. The Bertz CT molecular complexity index is 551. The van der Waals surface area contributed by atoms with Crippen molar-refractivity contribution in [2.24, 2.45) is 0 Å². The Balaban J connectivity index is 1.99. The number of nitrogens with zero attached hydrogens (tertiary/aromatic N) is 2. The van der Waals surface area contributed by atoms with E-state index < -0.39 is 0 Å². The van der Waals surface area contributed by atoms with Gasteiger partial charge in [0.05, 0.1) is 6.54 Å². The largest absolute Gasteiger partial charge is 0.310 e. The van der Waals surface area contributed by atoms with Gasteiger partial charge in [-0.15, -0.1) is 0 Å². The lowest BCUT2D eigenvalue weighted by atomic mass is 9.83. The fourth-order valence-electron chi connectivity index (χ4n) is 3.14. The maximum Gasteiger partial charge on any atom is 0.241 e. The molecule has 0 saturated heterocycles. The average molecular weight is 258 g/mol. The fourth-order valence-corrected chi connectivity index (χ4v) is 3.14. The standard InChI is InChI=1S/C15H18N2O2/c1-16(2)9-14(19)17-8-10-6-7-13(18)11-4-3-5-12(17)15(10)11/h3-5,10H,6-9H2,1-2H3.